The highest BCUT2D eigenvalue weighted by atomic mass is 19.4. The number of hydrogen-bond donors (Lipinski definition) is 0. The third kappa shape index (κ3) is 5.01. The first kappa shape index (κ1) is 32.2. The Hall–Kier alpha value is -7.03. The second-order valence-electron chi connectivity index (χ2n) is 12.2. The van der Waals surface area contributed by atoms with E-state index in [4.69, 9.17) is 0 Å². The second kappa shape index (κ2) is 11.5. The Morgan fingerprint density at radius 1 is 0.442 bits per heavy atom. The van der Waals surface area contributed by atoms with Crippen molar-refractivity contribution in [1.29, 1.82) is 15.8 Å². The number of nitrogens with zero attached hydrogens (tertiary/aromatic N) is 5. The predicted molar refractivity (Wildman–Crippen MR) is 185 cm³/mol. The van der Waals surface area contributed by atoms with E-state index in [1.54, 1.807) is 81.9 Å². The summed E-state index contributed by atoms with van der Waals surface area (Å²) in [5.74, 6) is 0. The van der Waals surface area contributed by atoms with Gasteiger partial charge >= 0.3 is 12.4 Å². The molecule has 0 aliphatic rings. The van der Waals surface area contributed by atoms with Gasteiger partial charge < -0.3 is 9.13 Å². The van der Waals surface area contributed by atoms with E-state index in [0.29, 0.717) is 66.1 Å². The van der Waals surface area contributed by atoms with Crippen LogP contribution in [-0.4, -0.2) is 9.13 Å². The van der Waals surface area contributed by atoms with Crippen molar-refractivity contribution in [3.8, 4) is 40.7 Å². The van der Waals surface area contributed by atoms with Gasteiger partial charge in [-0.05, 0) is 84.4 Å². The molecule has 0 fully saturated rings. The highest BCUT2D eigenvalue weighted by molar-refractivity contribution is 6.11. The minimum absolute atomic E-state index is 0.107. The first-order valence-electron chi connectivity index (χ1n) is 15.7. The average Bonchev–Trinajstić information content (AvgIpc) is 3.65. The normalized spacial score (nSPS) is 12.0. The highest BCUT2D eigenvalue weighted by Crippen LogP contribution is 2.43. The number of hydrogen-bond acceptors (Lipinski definition) is 3. The first-order valence-corrected chi connectivity index (χ1v) is 15.7. The molecule has 8 rings (SSSR count). The molecule has 8 aromatic rings. The van der Waals surface area contributed by atoms with Crippen molar-refractivity contribution in [1.82, 2.24) is 9.13 Å². The van der Waals surface area contributed by atoms with Gasteiger partial charge in [0.2, 0.25) is 0 Å². The number of halogens is 6. The van der Waals surface area contributed by atoms with Crippen molar-refractivity contribution in [2.45, 2.75) is 12.4 Å². The summed E-state index contributed by atoms with van der Waals surface area (Å²) in [5.41, 5.74) is 2.08. The summed E-state index contributed by atoms with van der Waals surface area (Å²) < 4.78 is 86.7. The second-order valence-corrected chi connectivity index (χ2v) is 12.2. The van der Waals surface area contributed by atoms with Crippen molar-refractivity contribution in [3.05, 3.63) is 143 Å². The zero-order valence-electron chi connectivity index (χ0n) is 26.5. The van der Waals surface area contributed by atoms with Gasteiger partial charge in [-0.3, -0.25) is 0 Å². The van der Waals surface area contributed by atoms with Gasteiger partial charge in [0, 0.05) is 27.1 Å². The minimum Gasteiger partial charge on any atom is -0.309 e. The van der Waals surface area contributed by atoms with Crippen LogP contribution in [-0.2, 0) is 12.4 Å². The van der Waals surface area contributed by atoms with E-state index in [-0.39, 0.29) is 16.7 Å². The van der Waals surface area contributed by atoms with E-state index >= 15 is 0 Å². The summed E-state index contributed by atoms with van der Waals surface area (Å²) in [6.45, 7) is 0. The lowest BCUT2D eigenvalue weighted by molar-refractivity contribution is -0.138. The summed E-state index contributed by atoms with van der Waals surface area (Å²) in [7, 11) is 0. The van der Waals surface area contributed by atoms with Crippen LogP contribution in [0.3, 0.4) is 0 Å². The molecular weight excluding hydrogens is 676 g/mol. The van der Waals surface area contributed by atoms with Crippen LogP contribution < -0.4 is 0 Å². The van der Waals surface area contributed by atoms with Crippen molar-refractivity contribution in [2.24, 2.45) is 0 Å². The maximum Gasteiger partial charge on any atom is 0.416 e. The molecule has 5 nitrogen and oxygen atoms in total. The molecule has 250 valence electrons. The van der Waals surface area contributed by atoms with E-state index < -0.39 is 23.5 Å². The molecule has 6 aromatic carbocycles. The Bertz CT molecular complexity index is 2890. The number of nitriles is 3. The molecule has 0 bridgehead atoms. The van der Waals surface area contributed by atoms with E-state index in [1.165, 1.54) is 18.2 Å². The zero-order chi connectivity index (χ0) is 36.5. The van der Waals surface area contributed by atoms with Gasteiger partial charge in [0.05, 0.1) is 73.4 Å². The lowest BCUT2D eigenvalue weighted by Crippen LogP contribution is -2.06. The third-order valence-electron chi connectivity index (χ3n) is 9.22. The van der Waals surface area contributed by atoms with Gasteiger partial charge in [0.1, 0.15) is 6.07 Å². The molecule has 11 heteroatoms. The van der Waals surface area contributed by atoms with Crippen LogP contribution in [0.2, 0.25) is 0 Å². The largest absolute Gasteiger partial charge is 0.416 e. The number of fused-ring (bicyclic) bond motifs is 6. The van der Waals surface area contributed by atoms with Crippen LogP contribution in [0.15, 0.2) is 115 Å². The summed E-state index contributed by atoms with van der Waals surface area (Å²) in [6.07, 6.45) is -9.20. The fraction of sp³-hybridized carbons (Fsp3) is 0.0488. The molecular formula is C41H19F6N5. The Balaban J connectivity index is 1.52. The van der Waals surface area contributed by atoms with Crippen molar-refractivity contribution < 1.29 is 26.3 Å². The number of para-hydroxylation sites is 2. The topological polar surface area (TPSA) is 81.2 Å². The van der Waals surface area contributed by atoms with Gasteiger partial charge in [-0.1, -0.05) is 36.4 Å². The fourth-order valence-corrected chi connectivity index (χ4v) is 7.00. The van der Waals surface area contributed by atoms with Gasteiger partial charge in [0.15, 0.2) is 0 Å². The van der Waals surface area contributed by atoms with E-state index in [9.17, 15) is 42.1 Å². The van der Waals surface area contributed by atoms with Crippen LogP contribution in [0.4, 0.5) is 26.3 Å². The van der Waals surface area contributed by atoms with E-state index in [0.717, 1.165) is 24.3 Å². The summed E-state index contributed by atoms with van der Waals surface area (Å²) in [6, 6.07) is 34.7. The number of benzene rings is 6. The van der Waals surface area contributed by atoms with Gasteiger partial charge in [-0.2, -0.15) is 42.1 Å². The quantitative estimate of drug-likeness (QED) is 0.173. The van der Waals surface area contributed by atoms with Crippen LogP contribution in [0, 0.1) is 34.0 Å². The molecule has 0 amide bonds. The standard InChI is InChI=1S/C41H19F6N5/c42-40(43,44)27-9-11-36-32(17-27)29-5-1-3-7-34(29)51(36)38-19-31(25-14-23(20-48)13-24(15-25)21-49)39(16-26(38)22-50)52-35-8-4-2-6-30(35)33-18-28(41(45,46)47)10-12-37(33)52/h1-19H. The number of aromatic nitrogens is 2. The molecule has 0 aliphatic carbocycles. The molecule has 2 heterocycles. The number of rotatable bonds is 3. The third-order valence-corrected chi connectivity index (χ3v) is 9.22. The monoisotopic (exact) mass is 695 g/mol. The van der Waals surface area contributed by atoms with Crippen molar-refractivity contribution in [2.75, 3.05) is 0 Å². The number of alkyl halides is 6. The Morgan fingerprint density at radius 2 is 0.904 bits per heavy atom. The molecule has 0 aliphatic heterocycles. The Morgan fingerprint density at radius 3 is 1.37 bits per heavy atom. The molecule has 0 atom stereocenters. The summed E-state index contributed by atoms with van der Waals surface area (Å²) >= 11 is 0. The van der Waals surface area contributed by atoms with Gasteiger partial charge in [0.25, 0.3) is 0 Å². The predicted octanol–water partition coefficient (Wildman–Crippen LogP) is 11.2. The van der Waals surface area contributed by atoms with E-state index in [1.807, 2.05) is 0 Å². The maximum atomic E-state index is 13.9. The Kier molecular flexibility index (Phi) is 7.13. The average molecular weight is 696 g/mol. The summed E-state index contributed by atoms with van der Waals surface area (Å²) in [4.78, 5) is 0. The molecule has 0 radical (unpaired) electrons. The minimum atomic E-state index is -4.60. The van der Waals surface area contributed by atoms with E-state index in [2.05, 4.69) is 18.2 Å². The van der Waals surface area contributed by atoms with Crippen molar-refractivity contribution in [3.63, 3.8) is 0 Å². The molecule has 0 N–H and O–H groups in total. The lowest BCUT2D eigenvalue weighted by atomic mass is 9.96. The van der Waals surface area contributed by atoms with Gasteiger partial charge in [-0.25, -0.2) is 0 Å². The molecule has 0 spiro atoms. The molecule has 52 heavy (non-hydrogen) atoms. The van der Waals surface area contributed by atoms with Crippen molar-refractivity contribution >= 4 is 43.6 Å². The maximum absolute atomic E-state index is 13.9. The summed E-state index contributed by atoms with van der Waals surface area (Å²) in [5, 5.41) is 32.1. The highest BCUT2D eigenvalue weighted by Gasteiger charge is 2.33. The molecule has 0 saturated heterocycles. The Labute approximate surface area is 290 Å². The van der Waals surface area contributed by atoms with Crippen LogP contribution in [0.1, 0.15) is 27.8 Å². The molecule has 2 aromatic heterocycles. The lowest BCUT2D eigenvalue weighted by Gasteiger charge is -2.19. The SMILES string of the molecule is N#Cc1cc(C#N)cc(-c2cc(-n3c4ccccc4c4cc(C(F)(F)F)ccc43)c(C#N)cc2-n2c3ccccc3c3cc(C(F)(F)F)ccc32)c1. The molecule has 0 saturated carbocycles. The van der Waals surface area contributed by atoms with Crippen LogP contribution in [0.25, 0.3) is 66.1 Å². The van der Waals surface area contributed by atoms with Crippen LogP contribution in [0.5, 0.6) is 0 Å². The smallest absolute Gasteiger partial charge is 0.309 e. The van der Waals surface area contributed by atoms with Crippen LogP contribution >= 0.6 is 0 Å². The zero-order valence-corrected chi connectivity index (χ0v) is 26.5. The fourth-order valence-electron chi connectivity index (χ4n) is 7.00. The first-order chi connectivity index (χ1) is 24.9. The van der Waals surface area contributed by atoms with Gasteiger partial charge in [-0.15, -0.1) is 0 Å². The molecule has 0 unspecified atom stereocenters.